The van der Waals surface area contributed by atoms with Crippen molar-refractivity contribution in [3.8, 4) is 0 Å². The number of aromatic nitrogens is 1. The van der Waals surface area contributed by atoms with Crippen LogP contribution in [0.5, 0.6) is 0 Å². The van der Waals surface area contributed by atoms with E-state index in [4.69, 9.17) is 11.6 Å². The van der Waals surface area contributed by atoms with Crippen LogP contribution in [0.25, 0.3) is 10.8 Å². The third-order valence-electron chi connectivity index (χ3n) is 4.74. The first-order valence-electron chi connectivity index (χ1n) is 9.51. The summed E-state index contributed by atoms with van der Waals surface area (Å²) < 4.78 is 41.8. The number of carbonyl (C=O) groups is 1. The van der Waals surface area contributed by atoms with Gasteiger partial charge in [0.2, 0.25) is 5.91 Å². The van der Waals surface area contributed by atoms with Gasteiger partial charge < -0.3 is 5.32 Å². The van der Waals surface area contributed by atoms with Gasteiger partial charge in [0.05, 0.1) is 10.6 Å². The highest BCUT2D eigenvalue weighted by Crippen LogP contribution is 2.29. The van der Waals surface area contributed by atoms with Crippen molar-refractivity contribution >= 4 is 49.7 Å². The Morgan fingerprint density at radius 2 is 1.72 bits per heavy atom. The SMILES string of the molecule is O=C(CN(c1ccc(F)cc1)S(=O)(=O)c1cccc2cnccc12)Nc1ccc(Cl)cc1. The minimum Gasteiger partial charge on any atom is -0.325 e. The zero-order valence-corrected chi connectivity index (χ0v) is 18.1. The van der Waals surface area contributed by atoms with Crippen LogP contribution >= 0.6 is 11.6 Å². The van der Waals surface area contributed by atoms with E-state index in [1.807, 2.05) is 0 Å². The molecule has 0 aliphatic heterocycles. The van der Waals surface area contributed by atoms with Crippen LogP contribution in [0.3, 0.4) is 0 Å². The molecule has 1 heterocycles. The summed E-state index contributed by atoms with van der Waals surface area (Å²) in [5.74, 6) is -1.09. The van der Waals surface area contributed by atoms with Crippen molar-refractivity contribution < 1.29 is 17.6 Å². The van der Waals surface area contributed by atoms with Gasteiger partial charge in [-0.2, -0.15) is 0 Å². The summed E-state index contributed by atoms with van der Waals surface area (Å²) in [7, 11) is -4.19. The third-order valence-corrected chi connectivity index (χ3v) is 6.82. The first-order chi connectivity index (χ1) is 15.3. The summed E-state index contributed by atoms with van der Waals surface area (Å²) in [5, 5.41) is 4.26. The van der Waals surface area contributed by atoms with E-state index in [9.17, 15) is 17.6 Å². The minimum absolute atomic E-state index is 0.0148. The van der Waals surface area contributed by atoms with E-state index < -0.39 is 28.3 Å². The molecule has 6 nitrogen and oxygen atoms in total. The second-order valence-corrected chi connectivity index (χ2v) is 9.16. The molecule has 0 atom stereocenters. The van der Waals surface area contributed by atoms with Gasteiger partial charge in [-0.05, 0) is 60.7 Å². The lowest BCUT2D eigenvalue weighted by Gasteiger charge is -2.24. The van der Waals surface area contributed by atoms with E-state index in [0.717, 1.165) is 16.4 Å². The fraction of sp³-hybridized carbons (Fsp3) is 0.0435. The van der Waals surface area contributed by atoms with E-state index in [0.29, 0.717) is 21.5 Å². The lowest BCUT2D eigenvalue weighted by atomic mass is 10.2. The van der Waals surface area contributed by atoms with Crippen molar-refractivity contribution in [3.05, 3.63) is 96.0 Å². The fourth-order valence-electron chi connectivity index (χ4n) is 3.22. The molecule has 9 heteroatoms. The van der Waals surface area contributed by atoms with Gasteiger partial charge in [0.25, 0.3) is 10.0 Å². The summed E-state index contributed by atoms with van der Waals surface area (Å²) in [4.78, 5) is 16.8. The molecular formula is C23H17ClFN3O3S. The molecule has 1 N–H and O–H groups in total. The molecule has 0 bridgehead atoms. The zero-order chi connectivity index (χ0) is 22.7. The van der Waals surface area contributed by atoms with Crippen LogP contribution in [0, 0.1) is 5.82 Å². The van der Waals surface area contributed by atoms with Gasteiger partial charge in [0.15, 0.2) is 0 Å². The lowest BCUT2D eigenvalue weighted by Crippen LogP contribution is -2.38. The van der Waals surface area contributed by atoms with Crippen LogP contribution in [0.2, 0.25) is 5.02 Å². The van der Waals surface area contributed by atoms with Crippen LogP contribution < -0.4 is 9.62 Å². The number of pyridine rings is 1. The van der Waals surface area contributed by atoms with Crippen LogP contribution in [0.15, 0.2) is 90.1 Å². The average molecular weight is 470 g/mol. The Labute approximate surface area is 189 Å². The number of rotatable bonds is 6. The molecule has 0 aliphatic rings. The highest BCUT2D eigenvalue weighted by Gasteiger charge is 2.29. The largest absolute Gasteiger partial charge is 0.325 e. The molecule has 0 spiro atoms. The van der Waals surface area contributed by atoms with Gasteiger partial charge in [-0.3, -0.25) is 14.1 Å². The Morgan fingerprint density at radius 3 is 2.44 bits per heavy atom. The van der Waals surface area contributed by atoms with Gasteiger partial charge in [-0.15, -0.1) is 0 Å². The summed E-state index contributed by atoms with van der Waals surface area (Å²) >= 11 is 5.87. The Balaban J connectivity index is 1.74. The first kappa shape index (κ1) is 21.7. The van der Waals surface area contributed by atoms with Gasteiger partial charge in [-0.25, -0.2) is 12.8 Å². The number of amides is 1. The highest BCUT2D eigenvalue weighted by molar-refractivity contribution is 7.93. The maximum absolute atomic E-state index is 13.7. The Hall–Kier alpha value is -3.49. The van der Waals surface area contributed by atoms with Crippen molar-refractivity contribution in [2.24, 2.45) is 0 Å². The number of hydrogen-bond acceptors (Lipinski definition) is 4. The molecule has 0 unspecified atom stereocenters. The number of sulfonamides is 1. The maximum Gasteiger partial charge on any atom is 0.265 e. The van der Waals surface area contributed by atoms with Crippen LogP contribution in [-0.4, -0.2) is 25.9 Å². The van der Waals surface area contributed by atoms with Crippen molar-refractivity contribution in [3.63, 3.8) is 0 Å². The number of halogens is 2. The van der Waals surface area contributed by atoms with E-state index in [-0.39, 0.29) is 10.6 Å². The van der Waals surface area contributed by atoms with Crippen molar-refractivity contribution in [1.82, 2.24) is 4.98 Å². The highest BCUT2D eigenvalue weighted by atomic mass is 35.5. The quantitative estimate of drug-likeness (QED) is 0.437. The second-order valence-electron chi connectivity index (χ2n) is 6.90. The fourth-order valence-corrected chi connectivity index (χ4v) is 4.99. The smallest absolute Gasteiger partial charge is 0.265 e. The number of nitrogens with one attached hydrogen (secondary N) is 1. The first-order valence-corrected chi connectivity index (χ1v) is 11.3. The number of hydrogen-bond donors (Lipinski definition) is 1. The van der Waals surface area contributed by atoms with Crippen molar-refractivity contribution in [2.75, 3.05) is 16.2 Å². The number of nitrogens with zero attached hydrogens (tertiary/aromatic N) is 2. The Kier molecular flexibility index (Phi) is 6.07. The second kappa shape index (κ2) is 8.94. The molecule has 162 valence electrons. The third kappa shape index (κ3) is 4.56. The number of carbonyl (C=O) groups excluding carboxylic acids is 1. The minimum atomic E-state index is -4.19. The maximum atomic E-state index is 13.7. The molecule has 3 aromatic carbocycles. The average Bonchev–Trinajstić information content (AvgIpc) is 2.79. The summed E-state index contributed by atoms with van der Waals surface area (Å²) in [6, 6.07) is 17.7. The molecule has 0 fully saturated rings. The molecule has 32 heavy (non-hydrogen) atoms. The molecule has 4 rings (SSSR count). The van der Waals surface area contributed by atoms with Gasteiger partial charge in [-0.1, -0.05) is 23.7 Å². The molecule has 0 radical (unpaired) electrons. The standard InChI is InChI=1S/C23H17ClFN3O3S/c24-17-4-8-19(9-5-17)27-23(29)15-28(20-10-6-18(25)7-11-20)32(30,31)22-3-1-2-16-14-26-13-12-21(16)22/h1-14H,15H2,(H,27,29). The zero-order valence-electron chi connectivity index (χ0n) is 16.6. The van der Waals surface area contributed by atoms with E-state index in [1.165, 1.54) is 24.4 Å². The lowest BCUT2D eigenvalue weighted by molar-refractivity contribution is -0.114. The monoisotopic (exact) mass is 469 g/mol. The summed E-state index contributed by atoms with van der Waals surface area (Å²) in [6.07, 6.45) is 3.06. The van der Waals surface area contributed by atoms with Crippen molar-refractivity contribution in [1.29, 1.82) is 0 Å². The van der Waals surface area contributed by atoms with Gasteiger partial charge in [0, 0.05) is 33.9 Å². The molecule has 0 saturated heterocycles. The van der Waals surface area contributed by atoms with Gasteiger partial charge in [0.1, 0.15) is 12.4 Å². The van der Waals surface area contributed by atoms with E-state index in [2.05, 4.69) is 10.3 Å². The number of anilines is 2. The molecule has 0 aliphatic carbocycles. The molecule has 1 aromatic heterocycles. The normalized spacial score (nSPS) is 11.3. The van der Waals surface area contributed by atoms with E-state index >= 15 is 0 Å². The summed E-state index contributed by atoms with van der Waals surface area (Å²) in [6.45, 7) is -0.516. The molecule has 1 amide bonds. The van der Waals surface area contributed by atoms with Crippen molar-refractivity contribution in [2.45, 2.75) is 4.90 Å². The molecule has 4 aromatic rings. The molecule has 0 saturated carbocycles. The number of fused-ring (bicyclic) bond motifs is 1. The van der Waals surface area contributed by atoms with Crippen LogP contribution in [0.1, 0.15) is 0 Å². The predicted molar refractivity (Wildman–Crippen MR) is 123 cm³/mol. The number of benzene rings is 3. The van der Waals surface area contributed by atoms with Gasteiger partial charge >= 0.3 is 0 Å². The van der Waals surface area contributed by atoms with E-state index in [1.54, 1.807) is 48.7 Å². The Bertz CT molecular complexity index is 1370. The Morgan fingerprint density at radius 1 is 1.00 bits per heavy atom. The van der Waals surface area contributed by atoms with Crippen LogP contribution in [0.4, 0.5) is 15.8 Å². The summed E-state index contributed by atoms with van der Waals surface area (Å²) in [5.41, 5.74) is 0.621. The van der Waals surface area contributed by atoms with Crippen LogP contribution in [-0.2, 0) is 14.8 Å². The predicted octanol–water partition coefficient (Wildman–Crippen LogP) is 4.86. The topological polar surface area (TPSA) is 79.4 Å². The molecular weight excluding hydrogens is 453 g/mol.